The summed E-state index contributed by atoms with van der Waals surface area (Å²) in [5.41, 5.74) is 1.02. The molecule has 1 saturated carbocycles. The Morgan fingerprint density at radius 1 is 1.43 bits per heavy atom. The molecule has 1 aliphatic carbocycles. The molecule has 1 aliphatic rings. The van der Waals surface area contributed by atoms with Crippen LogP contribution in [-0.2, 0) is 0 Å². The van der Waals surface area contributed by atoms with E-state index in [1.54, 1.807) is 7.11 Å². The summed E-state index contributed by atoms with van der Waals surface area (Å²) in [7, 11) is 1.66. The Bertz CT molecular complexity index is 334. The monoisotopic (exact) mass is 230 g/mol. The highest BCUT2D eigenvalue weighted by Gasteiger charge is 2.32. The summed E-state index contributed by atoms with van der Waals surface area (Å²) in [4.78, 5) is 0. The molecule has 1 aromatic carbocycles. The predicted octanol–water partition coefficient (Wildman–Crippen LogP) is 4.04. The fourth-order valence-electron chi connectivity index (χ4n) is 1.56. The molecule has 3 heteroatoms. The largest absolute Gasteiger partial charge is 0.496 e. The molecule has 0 aromatic heterocycles. The van der Waals surface area contributed by atoms with Gasteiger partial charge in [-0.2, -0.15) is 0 Å². The lowest BCUT2D eigenvalue weighted by atomic mass is 10.1. The lowest BCUT2D eigenvalue weighted by Crippen LogP contribution is -1.97. The van der Waals surface area contributed by atoms with Gasteiger partial charge in [0.05, 0.1) is 12.5 Å². The number of methoxy groups -OCH3 is 1. The van der Waals surface area contributed by atoms with Crippen molar-refractivity contribution >= 4 is 23.2 Å². The van der Waals surface area contributed by atoms with Crippen LogP contribution in [0.3, 0.4) is 0 Å². The van der Waals surface area contributed by atoms with Crippen molar-refractivity contribution in [1.29, 1.82) is 0 Å². The summed E-state index contributed by atoms with van der Waals surface area (Å²) in [6, 6.07) is 5.59. The first-order valence-electron chi connectivity index (χ1n) is 4.70. The van der Waals surface area contributed by atoms with Gasteiger partial charge in [-0.25, -0.2) is 0 Å². The van der Waals surface area contributed by atoms with Crippen molar-refractivity contribution in [2.75, 3.05) is 7.11 Å². The zero-order valence-electron chi connectivity index (χ0n) is 7.97. The number of hydrogen-bond acceptors (Lipinski definition) is 1. The highest BCUT2D eigenvalue weighted by molar-refractivity contribution is 6.31. The van der Waals surface area contributed by atoms with Crippen molar-refractivity contribution in [3.05, 3.63) is 28.8 Å². The lowest BCUT2D eigenvalue weighted by molar-refractivity contribution is 0.408. The van der Waals surface area contributed by atoms with E-state index < -0.39 is 0 Å². The van der Waals surface area contributed by atoms with Gasteiger partial charge in [0.2, 0.25) is 0 Å². The summed E-state index contributed by atoms with van der Waals surface area (Å²) < 4.78 is 5.26. The first kappa shape index (κ1) is 10.1. The van der Waals surface area contributed by atoms with E-state index in [0.717, 1.165) is 11.3 Å². The van der Waals surface area contributed by atoms with E-state index in [1.807, 2.05) is 18.2 Å². The molecule has 0 spiro atoms. The van der Waals surface area contributed by atoms with E-state index in [1.165, 1.54) is 12.8 Å². The zero-order chi connectivity index (χ0) is 10.1. The van der Waals surface area contributed by atoms with Gasteiger partial charge in [-0.3, -0.25) is 0 Å². The van der Waals surface area contributed by atoms with E-state index in [9.17, 15) is 0 Å². The smallest absolute Gasteiger partial charge is 0.123 e. The van der Waals surface area contributed by atoms with E-state index >= 15 is 0 Å². The number of ether oxygens (including phenoxy) is 1. The Hall–Kier alpha value is -0.400. The number of benzene rings is 1. The molecule has 1 aromatic rings. The number of alkyl halides is 1. The minimum atomic E-state index is 0.0450. The van der Waals surface area contributed by atoms with Gasteiger partial charge in [0.1, 0.15) is 5.75 Å². The van der Waals surface area contributed by atoms with Crippen molar-refractivity contribution in [3.8, 4) is 5.75 Å². The molecule has 0 saturated heterocycles. The van der Waals surface area contributed by atoms with Gasteiger partial charge in [-0.1, -0.05) is 11.6 Å². The van der Waals surface area contributed by atoms with Gasteiger partial charge >= 0.3 is 0 Å². The first-order valence-corrected chi connectivity index (χ1v) is 5.51. The maximum absolute atomic E-state index is 6.32. The molecule has 1 unspecified atom stereocenters. The van der Waals surface area contributed by atoms with Crippen LogP contribution in [0.5, 0.6) is 5.75 Å². The zero-order valence-corrected chi connectivity index (χ0v) is 9.48. The minimum Gasteiger partial charge on any atom is -0.496 e. The molecule has 0 bridgehead atoms. The second-order valence-corrected chi connectivity index (χ2v) is 4.53. The molecular formula is C11H12Cl2O. The Morgan fingerprint density at radius 3 is 2.71 bits per heavy atom. The third kappa shape index (κ3) is 1.99. The van der Waals surface area contributed by atoms with Crippen LogP contribution in [0.15, 0.2) is 18.2 Å². The van der Waals surface area contributed by atoms with Crippen molar-refractivity contribution < 1.29 is 4.74 Å². The molecule has 0 N–H and O–H groups in total. The Labute approximate surface area is 94.0 Å². The number of hydrogen-bond donors (Lipinski definition) is 0. The normalized spacial score (nSPS) is 17.9. The molecule has 2 rings (SSSR count). The molecule has 1 fully saturated rings. The van der Waals surface area contributed by atoms with Gasteiger partial charge in [0.25, 0.3) is 0 Å². The van der Waals surface area contributed by atoms with Crippen molar-refractivity contribution in [2.24, 2.45) is 5.92 Å². The average Bonchev–Trinajstić information content (AvgIpc) is 3.00. The van der Waals surface area contributed by atoms with Crippen LogP contribution in [0.25, 0.3) is 0 Å². The molecule has 1 atom stereocenters. The molecule has 0 aliphatic heterocycles. The van der Waals surface area contributed by atoms with Crippen molar-refractivity contribution in [1.82, 2.24) is 0 Å². The fourth-order valence-corrected chi connectivity index (χ4v) is 2.17. The van der Waals surface area contributed by atoms with Crippen LogP contribution in [0.1, 0.15) is 23.8 Å². The average molecular weight is 231 g/mol. The first-order chi connectivity index (χ1) is 6.72. The SMILES string of the molecule is COc1ccc(Cl)cc1C(Cl)C1CC1. The second-order valence-electron chi connectivity index (χ2n) is 3.63. The highest BCUT2D eigenvalue weighted by atomic mass is 35.5. The van der Waals surface area contributed by atoms with Crippen LogP contribution in [0, 0.1) is 5.92 Å². The highest BCUT2D eigenvalue weighted by Crippen LogP contribution is 2.47. The third-order valence-electron chi connectivity index (χ3n) is 2.52. The second kappa shape index (κ2) is 4.00. The molecular weight excluding hydrogens is 219 g/mol. The topological polar surface area (TPSA) is 9.23 Å². The Morgan fingerprint density at radius 2 is 2.14 bits per heavy atom. The van der Waals surface area contributed by atoms with Crippen molar-refractivity contribution in [2.45, 2.75) is 18.2 Å². The lowest BCUT2D eigenvalue weighted by Gasteiger charge is -2.13. The maximum Gasteiger partial charge on any atom is 0.123 e. The van der Waals surface area contributed by atoms with E-state index in [2.05, 4.69) is 0 Å². The van der Waals surface area contributed by atoms with Gasteiger partial charge in [0, 0.05) is 10.6 Å². The van der Waals surface area contributed by atoms with E-state index in [-0.39, 0.29) is 5.38 Å². The fraction of sp³-hybridized carbons (Fsp3) is 0.455. The summed E-state index contributed by atoms with van der Waals surface area (Å²) in [5.74, 6) is 1.44. The standard InChI is InChI=1S/C11H12Cl2O/c1-14-10-5-4-8(12)6-9(10)11(13)7-2-3-7/h4-7,11H,2-3H2,1H3. The molecule has 0 radical (unpaired) electrons. The van der Waals surface area contributed by atoms with Gasteiger partial charge in [0.15, 0.2) is 0 Å². The molecule has 0 heterocycles. The van der Waals surface area contributed by atoms with Gasteiger partial charge in [-0.15, -0.1) is 11.6 Å². The predicted molar refractivity (Wildman–Crippen MR) is 59.3 cm³/mol. The Balaban J connectivity index is 2.32. The molecule has 0 amide bonds. The summed E-state index contributed by atoms with van der Waals surface area (Å²) >= 11 is 12.2. The summed E-state index contributed by atoms with van der Waals surface area (Å²) in [6.07, 6.45) is 2.42. The summed E-state index contributed by atoms with van der Waals surface area (Å²) in [6.45, 7) is 0. The maximum atomic E-state index is 6.32. The van der Waals surface area contributed by atoms with Crippen LogP contribution in [0.4, 0.5) is 0 Å². The van der Waals surface area contributed by atoms with E-state index in [0.29, 0.717) is 10.9 Å². The molecule has 14 heavy (non-hydrogen) atoms. The van der Waals surface area contributed by atoms with Gasteiger partial charge in [-0.05, 0) is 37.0 Å². The quantitative estimate of drug-likeness (QED) is 0.713. The minimum absolute atomic E-state index is 0.0450. The molecule has 1 nitrogen and oxygen atoms in total. The van der Waals surface area contributed by atoms with Crippen LogP contribution in [0.2, 0.25) is 5.02 Å². The summed E-state index contributed by atoms with van der Waals surface area (Å²) in [5, 5.41) is 0.760. The van der Waals surface area contributed by atoms with Crippen LogP contribution >= 0.6 is 23.2 Å². The number of halogens is 2. The third-order valence-corrected chi connectivity index (χ3v) is 3.35. The van der Waals surface area contributed by atoms with Crippen LogP contribution < -0.4 is 4.74 Å². The van der Waals surface area contributed by atoms with Crippen molar-refractivity contribution in [3.63, 3.8) is 0 Å². The van der Waals surface area contributed by atoms with E-state index in [4.69, 9.17) is 27.9 Å². The van der Waals surface area contributed by atoms with Crippen LogP contribution in [-0.4, -0.2) is 7.11 Å². The Kier molecular flexibility index (Phi) is 2.89. The van der Waals surface area contributed by atoms with Gasteiger partial charge < -0.3 is 4.74 Å². The number of rotatable bonds is 3. The molecule has 76 valence electrons.